The summed E-state index contributed by atoms with van der Waals surface area (Å²) in [4.78, 5) is 0.863. The molecule has 5 rings (SSSR count). The predicted octanol–water partition coefficient (Wildman–Crippen LogP) is 5.86. The minimum Gasteiger partial charge on any atom is -0.497 e. The zero-order valence-electron chi connectivity index (χ0n) is 18.9. The number of ether oxygens (including phenoxy) is 1. The molecule has 1 aliphatic heterocycles. The van der Waals surface area contributed by atoms with Crippen molar-refractivity contribution in [3.8, 4) is 33.1 Å². The number of rotatable bonds is 7. The van der Waals surface area contributed by atoms with Crippen LogP contribution < -0.4 is 4.74 Å². The number of benzene rings is 2. The van der Waals surface area contributed by atoms with Gasteiger partial charge in [0, 0.05) is 26.7 Å². The van der Waals surface area contributed by atoms with Crippen molar-refractivity contribution >= 4 is 20.6 Å². The number of hydrazine groups is 1. The van der Waals surface area contributed by atoms with Gasteiger partial charge in [-0.05, 0) is 52.4 Å². The lowest BCUT2D eigenvalue weighted by Gasteiger charge is -2.41. The summed E-state index contributed by atoms with van der Waals surface area (Å²) in [5.74, 6) is 0.769. The van der Waals surface area contributed by atoms with Gasteiger partial charge in [-0.1, -0.05) is 39.6 Å². The monoisotopic (exact) mass is 498 g/mol. The molecule has 1 fully saturated rings. The van der Waals surface area contributed by atoms with Crippen molar-refractivity contribution in [2.75, 3.05) is 27.2 Å². The molecule has 5 nitrogen and oxygen atoms in total. The third-order valence-electron chi connectivity index (χ3n) is 6.04. The number of likely N-dealkylation sites (N-methyl/N-ethyl adjacent to an activating group) is 1. The van der Waals surface area contributed by atoms with Crippen LogP contribution in [0.15, 0.2) is 66.0 Å². The Morgan fingerprint density at radius 2 is 1.88 bits per heavy atom. The smallest absolute Gasteiger partial charge is 0.302 e. The van der Waals surface area contributed by atoms with E-state index in [1.807, 2.05) is 67.0 Å². The molecule has 0 amide bonds. The van der Waals surface area contributed by atoms with Gasteiger partial charge in [0.15, 0.2) is 0 Å². The van der Waals surface area contributed by atoms with Crippen molar-refractivity contribution in [1.29, 1.82) is 0 Å². The molecule has 2 aromatic carbocycles. The lowest BCUT2D eigenvalue weighted by molar-refractivity contribution is -0.0964. The Bertz CT molecular complexity index is 1320. The molecule has 1 saturated heterocycles. The van der Waals surface area contributed by atoms with Gasteiger partial charge in [-0.15, -0.1) is 11.3 Å². The van der Waals surface area contributed by atoms with Crippen molar-refractivity contribution in [2.24, 2.45) is 0 Å². The fourth-order valence-electron chi connectivity index (χ4n) is 4.02. The maximum absolute atomic E-state index is 14.3. The molecule has 4 aromatic rings. The molecule has 0 aliphatic carbocycles. The number of methoxy groups -OCH3 is 1. The minimum atomic E-state index is -3.13. The summed E-state index contributed by atoms with van der Waals surface area (Å²) in [7, 11) is 5.28. The summed E-state index contributed by atoms with van der Waals surface area (Å²) in [6.45, 7) is 2.68. The molecule has 176 valence electrons. The van der Waals surface area contributed by atoms with Crippen LogP contribution in [0.1, 0.15) is 11.3 Å². The van der Waals surface area contributed by atoms with E-state index in [-0.39, 0.29) is 5.69 Å². The summed E-state index contributed by atoms with van der Waals surface area (Å²) < 4.78 is 35.6. The molecule has 0 saturated carbocycles. The number of hydrogen-bond donors (Lipinski definition) is 0. The number of alkyl halides is 2. The molecule has 1 unspecified atom stereocenters. The van der Waals surface area contributed by atoms with Crippen LogP contribution in [0.5, 0.6) is 5.75 Å². The van der Waals surface area contributed by atoms with Gasteiger partial charge in [-0.3, -0.25) is 0 Å². The molecule has 1 atom stereocenters. The Morgan fingerprint density at radius 3 is 2.59 bits per heavy atom. The average molecular weight is 499 g/mol. The molecular formula is C25H25F2N4OPS. The molecule has 0 N–H and O–H groups in total. The summed E-state index contributed by atoms with van der Waals surface area (Å²) >= 11 is 1.51. The van der Waals surface area contributed by atoms with Crippen molar-refractivity contribution in [3.05, 3.63) is 77.3 Å². The van der Waals surface area contributed by atoms with Gasteiger partial charge in [0.25, 0.3) is 0 Å². The quantitative estimate of drug-likeness (QED) is 0.299. The van der Waals surface area contributed by atoms with E-state index in [9.17, 15) is 8.78 Å². The molecule has 0 bridgehead atoms. The normalized spacial score (nSPS) is 14.9. The molecule has 1 aliphatic rings. The summed E-state index contributed by atoms with van der Waals surface area (Å²) in [5, 5.41) is 10.8. The molecule has 0 spiro atoms. The van der Waals surface area contributed by atoms with Crippen molar-refractivity contribution in [2.45, 2.75) is 12.2 Å². The van der Waals surface area contributed by atoms with E-state index < -0.39 is 5.66 Å². The van der Waals surface area contributed by atoms with Crippen LogP contribution >= 0.6 is 20.6 Å². The average Bonchev–Trinajstić information content (AvgIpc) is 3.49. The van der Waals surface area contributed by atoms with E-state index in [4.69, 9.17) is 4.74 Å². The number of halogens is 2. The van der Waals surface area contributed by atoms with E-state index in [0.29, 0.717) is 12.2 Å². The standard InChI is InChI=1S/C25H25F2N4OPS/c1-29-10-11-30(29)15-18-6-3-4-9-21(18)31-22(14-24(28-31)25(26,27)33)23-13-19(16-34-23)17-7-5-8-20(12-17)32-2/h3-9,12-14,16H,10-11,15,33H2,1-2H3. The summed E-state index contributed by atoms with van der Waals surface area (Å²) in [6, 6.07) is 19.2. The van der Waals surface area contributed by atoms with Gasteiger partial charge < -0.3 is 4.74 Å². The Morgan fingerprint density at radius 1 is 1.06 bits per heavy atom. The third kappa shape index (κ3) is 4.51. The molecular weight excluding hydrogens is 473 g/mol. The summed E-state index contributed by atoms with van der Waals surface area (Å²) in [6.07, 6.45) is 0. The Hall–Kier alpha value is -2.64. The molecule has 9 heteroatoms. The maximum Gasteiger partial charge on any atom is 0.302 e. The first-order valence-electron chi connectivity index (χ1n) is 10.9. The SMILES string of the molecule is COc1cccc(-c2csc(-c3cc(C(F)(F)P)nn3-c3ccccc3CN3CCN3C)c2)c1. The van der Waals surface area contributed by atoms with Crippen molar-refractivity contribution in [1.82, 2.24) is 19.8 Å². The highest BCUT2D eigenvalue weighted by molar-refractivity contribution is 7.17. The highest BCUT2D eigenvalue weighted by Crippen LogP contribution is 2.40. The lowest BCUT2D eigenvalue weighted by Crippen LogP contribution is -2.53. The number of para-hydroxylation sites is 1. The second-order valence-corrected chi connectivity index (χ2v) is 9.92. The Kier molecular flexibility index (Phi) is 6.25. The minimum absolute atomic E-state index is 0.278. The van der Waals surface area contributed by atoms with Crippen LogP contribution in [0.25, 0.3) is 27.4 Å². The number of thiophene rings is 1. The van der Waals surface area contributed by atoms with Crippen LogP contribution in [-0.4, -0.2) is 47.0 Å². The van der Waals surface area contributed by atoms with Gasteiger partial charge in [0.05, 0.1) is 23.4 Å². The van der Waals surface area contributed by atoms with Crippen LogP contribution in [0.4, 0.5) is 8.78 Å². The van der Waals surface area contributed by atoms with Crippen LogP contribution in [0, 0.1) is 0 Å². The van der Waals surface area contributed by atoms with Gasteiger partial charge in [-0.25, -0.2) is 14.7 Å². The van der Waals surface area contributed by atoms with Gasteiger partial charge in [0.2, 0.25) is 0 Å². The van der Waals surface area contributed by atoms with Crippen LogP contribution in [0.3, 0.4) is 0 Å². The van der Waals surface area contributed by atoms with Gasteiger partial charge >= 0.3 is 5.66 Å². The number of aromatic nitrogens is 2. The van der Waals surface area contributed by atoms with Gasteiger partial charge in [-0.2, -0.15) is 13.9 Å². The first-order valence-corrected chi connectivity index (χ1v) is 12.3. The first kappa shape index (κ1) is 23.1. The third-order valence-corrected chi connectivity index (χ3v) is 7.29. The second-order valence-electron chi connectivity index (χ2n) is 8.28. The fraction of sp³-hybridized carbons (Fsp3) is 0.240. The zero-order chi connectivity index (χ0) is 23.9. The topological polar surface area (TPSA) is 33.5 Å². The summed E-state index contributed by atoms with van der Waals surface area (Å²) in [5.41, 5.74) is 1.07. The molecule has 2 aromatic heterocycles. The highest BCUT2D eigenvalue weighted by atomic mass is 32.1. The number of hydrogen-bond acceptors (Lipinski definition) is 5. The van der Waals surface area contributed by atoms with Crippen LogP contribution in [-0.2, 0) is 12.2 Å². The van der Waals surface area contributed by atoms with Gasteiger partial charge in [0.1, 0.15) is 11.4 Å². The zero-order valence-corrected chi connectivity index (χ0v) is 20.9. The first-order chi connectivity index (χ1) is 16.3. The fourth-order valence-corrected chi connectivity index (χ4v) is 5.08. The maximum atomic E-state index is 14.3. The van der Waals surface area contributed by atoms with E-state index in [1.54, 1.807) is 21.0 Å². The molecule has 0 radical (unpaired) electrons. The van der Waals surface area contributed by atoms with E-state index in [0.717, 1.165) is 46.1 Å². The Balaban J connectivity index is 1.59. The highest BCUT2D eigenvalue weighted by Gasteiger charge is 2.31. The second kappa shape index (κ2) is 9.19. The predicted molar refractivity (Wildman–Crippen MR) is 136 cm³/mol. The van der Waals surface area contributed by atoms with Crippen molar-refractivity contribution in [3.63, 3.8) is 0 Å². The lowest BCUT2D eigenvalue weighted by atomic mass is 10.1. The van der Waals surface area contributed by atoms with E-state index in [1.165, 1.54) is 17.4 Å². The van der Waals surface area contributed by atoms with E-state index in [2.05, 4.69) is 15.1 Å². The largest absolute Gasteiger partial charge is 0.497 e. The van der Waals surface area contributed by atoms with E-state index >= 15 is 0 Å². The number of nitrogens with zero attached hydrogens (tertiary/aromatic N) is 4. The Labute approximate surface area is 203 Å². The molecule has 34 heavy (non-hydrogen) atoms. The van der Waals surface area contributed by atoms with Crippen LogP contribution in [0.2, 0.25) is 0 Å². The van der Waals surface area contributed by atoms with Crippen molar-refractivity contribution < 1.29 is 13.5 Å². The molecule has 3 heterocycles.